The molecule has 0 atom stereocenters. The Labute approximate surface area is 111 Å². The first-order valence-corrected chi connectivity index (χ1v) is 6.91. The molecule has 1 aromatic rings. The van der Waals surface area contributed by atoms with Crippen molar-refractivity contribution in [3.8, 4) is 0 Å². The molecule has 1 aliphatic carbocycles. The SMILES string of the molecule is CCCc1c(Cl)[nH]c(=O)n(C2(C)CCCC2)c1=O. The Morgan fingerprint density at radius 2 is 1.94 bits per heavy atom. The molecule has 1 aliphatic rings. The zero-order valence-electron chi connectivity index (χ0n) is 10.9. The van der Waals surface area contributed by atoms with Gasteiger partial charge in [-0.1, -0.05) is 37.8 Å². The van der Waals surface area contributed by atoms with E-state index in [9.17, 15) is 9.59 Å². The fourth-order valence-corrected chi connectivity index (χ4v) is 3.12. The van der Waals surface area contributed by atoms with Gasteiger partial charge in [0.2, 0.25) is 0 Å². The van der Waals surface area contributed by atoms with Crippen LogP contribution >= 0.6 is 11.6 Å². The Morgan fingerprint density at radius 1 is 1.33 bits per heavy atom. The largest absolute Gasteiger partial charge is 0.330 e. The van der Waals surface area contributed by atoms with Crippen LogP contribution in [0.4, 0.5) is 0 Å². The van der Waals surface area contributed by atoms with E-state index in [-0.39, 0.29) is 21.9 Å². The number of aromatic amines is 1. The van der Waals surface area contributed by atoms with Crippen molar-refractivity contribution in [2.24, 2.45) is 0 Å². The molecule has 1 aromatic heterocycles. The Balaban J connectivity index is 2.64. The highest BCUT2D eigenvalue weighted by atomic mass is 35.5. The minimum absolute atomic E-state index is 0.199. The molecule has 0 bridgehead atoms. The van der Waals surface area contributed by atoms with Crippen molar-refractivity contribution in [3.63, 3.8) is 0 Å². The van der Waals surface area contributed by atoms with E-state index in [0.717, 1.165) is 32.1 Å². The normalized spacial score (nSPS) is 18.2. The van der Waals surface area contributed by atoms with Gasteiger partial charge in [0.05, 0.1) is 5.56 Å². The van der Waals surface area contributed by atoms with Crippen LogP contribution in [0.25, 0.3) is 0 Å². The van der Waals surface area contributed by atoms with Crippen molar-refractivity contribution in [3.05, 3.63) is 31.6 Å². The van der Waals surface area contributed by atoms with E-state index in [2.05, 4.69) is 4.98 Å². The molecule has 1 N–H and O–H groups in total. The molecule has 0 saturated heterocycles. The first-order valence-electron chi connectivity index (χ1n) is 6.54. The van der Waals surface area contributed by atoms with Gasteiger partial charge in [-0.15, -0.1) is 0 Å². The lowest BCUT2D eigenvalue weighted by molar-refractivity contribution is 0.303. The van der Waals surface area contributed by atoms with Crippen LogP contribution < -0.4 is 11.2 Å². The van der Waals surface area contributed by atoms with Gasteiger partial charge in [-0.2, -0.15) is 0 Å². The van der Waals surface area contributed by atoms with Crippen molar-refractivity contribution in [1.29, 1.82) is 0 Å². The topological polar surface area (TPSA) is 54.9 Å². The average Bonchev–Trinajstić information content (AvgIpc) is 2.71. The maximum absolute atomic E-state index is 12.5. The minimum atomic E-state index is -0.380. The third-order valence-corrected chi connectivity index (χ3v) is 4.19. The summed E-state index contributed by atoms with van der Waals surface area (Å²) in [7, 11) is 0. The number of hydrogen-bond donors (Lipinski definition) is 1. The molecule has 1 saturated carbocycles. The quantitative estimate of drug-likeness (QED) is 0.858. The number of nitrogens with zero attached hydrogens (tertiary/aromatic N) is 1. The predicted molar refractivity (Wildman–Crippen MR) is 72.4 cm³/mol. The zero-order valence-corrected chi connectivity index (χ0v) is 11.6. The predicted octanol–water partition coefficient (Wildman–Crippen LogP) is 2.43. The van der Waals surface area contributed by atoms with Crippen molar-refractivity contribution in [2.75, 3.05) is 0 Å². The van der Waals surface area contributed by atoms with Gasteiger partial charge in [0, 0.05) is 5.54 Å². The molecule has 5 heteroatoms. The van der Waals surface area contributed by atoms with Crippen LogP contribution in [0, 0.1) is 0 Å². The third kappa shape index (κ3) is 2.14. The van der Waals surface area contributed by atoms with Crippen LogP contribution in [0.1, 0.15) is 51.5 Å². The number of hydrogen-bond acceptors (Lipinski definition) is 2. The van der Waals surface area contributed by atoms with Gasteiger partial charge in [-0.3, -0.25) is 14.3 Å². The Kier molecular flexibility index (Phi) is 3.66. The number of aromatic nitrogens is 2. The van der Waals surface area contributed by atoms with Gasteiger partial charge in [0.1, 0.15) is 5.15 Å². The van der Waals surface area contributed by atoms with Crippen LogP contribution in [-0.4, -0.2) is 9.55 Å². The Hall–Kier alpha value is -1.03. The first kappa shape index (κ1) is 13.4. The van der Waals surface area contributed by atoms with E-state index in [1.54, 1.807) is 0 Å². The average molecular weight is 271 g/mol. The molecular weight excluding hydrogens is 252 g/mol. The molecule has 0 aliphatic heterocycles. The highest BCUT2D eigenvalue weighted by Crippen LogP contribution is 2.34. The minimum Gasteiger partial charge on any atom is -0.297 e. The van der Waals surface area contributed by atoms with E-state index >= 15 is 0 Å². The van der Waals surface area contributed by atoms with Gasteiger partial charge in [0.15, 0.2) is 0 Å². The van der Waals surface area contributed by atoms with Crippen molar-refractivity contribution in [1.82, 2.24) is 9.55 Å². The summed E-state index contributed by atoms with van der Waals surface area (Å²) >= 11 is 5.97. The third-order valence-electron chi connectivity index (χ3n) is 3.87. The smallest absolute Gasteiger partial charge is 0.297 e. The molecule has 0 unspecified atom stereocenters. The Morgan fingerprint density at radius 3 is 2.50 bits per heavy atom. The number of H-pyrrole nitrogens is 1. The van der Waals surface area contributed by atoms with Crippen LogP contribution in [0.2, 0.25) is 5.15 Å². The molecule has 1 fully saturated rings. The Bertz CT molecular complexity index is 553. The lowest BCUT2D eigenvalue weighted by atomic mass is 10.00. The van der Waals surface area contributed by atoms with E-state index in [1.165, 1.54) is 4.57 Å². The highest BCUT2D eigenvalue weighted by molar-refractivity contribution is 6.30. The summed E-state index contributed by atoms with van der Waals surface area (Å²) in [6, 6.07) is 0. The van der Waals surface area contributed by atoms with Crippen LogP contribution in [0.15, 0.2) is 9.59 Å². The van der Waals surface area contributed by atoms with Crippen molar-refractivity contribution < 1.29 is 0 Å². The summed E-state index contributed by atoms with van der Waals surface area (Å²) in [5.74, 6) is 0. The fourth-order valence-electron chi connectivity index (χ4n) is 2.86. The molecule has 0 amide bonds. The summed E-state index contributed by atoms with van der Waals surface area (Å²) in [6.07, 6.45) is 5.32. The zero-order chi connectivity index (χ0) is 13.3. The second-order valence-corrected chi connectivity index (χ2v) is 5.70. The van der Waals surface area contributed by atoms with Crippen molar-refractivity contribution in [2.45, 2.75) is 57.9 Å². The summed E-state index contributed by atoms with van der Waals surface area (Å²) < 4.78 is 1.39. The molecule has 0 spiro atoms. The summed E-state index contributed by atoms with van der Waals surface area (Å²) in [6.45, 7) is 3.97. The fraction of sp³-hybridized carbons (Fsp3) is 0.692. The summed E-state index contributed by atoms with van der Waals surface area (Å²) in [4.78, 5) is 27.1. The summed E-state index contributed by atoms with van der Waals surface area (Å²) in [5.41, 5.74) is -0.409. The van der Waals surface area contributed by atoms with E-state index in [0.29, 0.717) is 12.0 Å². The number of halogens is 1. The monoisotopic (exact) mass is 270 g/mol. The van der Waals surface area contributed by atoms with E-state index in [4.69, 9.17) is 11.6 Å². The molecule has 4 nitrogen and oxygen atoms in total. The maximum atomic E-state index is 12.5. The van der Waals surface area contributed by atoms with E-state index < -0.39 is 0 Å². The summed E-state index contributed by atoms with van der Waals surface area (Å²) in [5, 5.41) is 0.199. The molecule has 18 heavy (non-hydrogen) atoms. The molecule has 0 aromatic carbocycles. The first-order chi connectivity index (χ1) is 8.49. The standard InChI is InChI=1S/C13H19ClN2O2/c1-3-6-9-10(14)15-12(18)16(11(9)17)13(2)7-4-5-8-13/h3-8H2,1-2H3,(H,15,18). The van der Waals surface area contributed by atoms with Crippen molar-refractivity contribution >= 4 is 11.6 Å². The van der Waals surface area contributed by atoms with Gasteiger partial charge in [-0.05, 0) is 26.2 Å². The highest BCUT2D eigenvalue weighted by Gasteiger charge is 2.34. The molecule has 0 radical (unpaired) electrons. The second kappa shape index (κ2) is 4.92. The van der Waals surface area contributed by atoms with Gasteiger partial charge in [-0.25, -0.2) is 4.79 Å². The second-order valence-electron chi connectivity index (χ2n) is 5.32. The molecule has 100 valence electrons. The van der Waals surface area contributed by atoms with Gasteiger partial charge < -0.3 is 0 Å². The maximum Gasteiger partial charge on any atom is 0.330 e. The molecular formula is C13H19ClN2O2. The van der Waals surface area contributed by atoms with E-state index in [1.807, 2.05) is 13.8 Å². The number of nitrogens with one attached hydrogen (secondary N) is 1. The van der Waals surface area contributed by atoms with Crippen LogP contribution in [0.3, 0.4) is 0 Å². The molecule has 1 heterocycles. The lowest BCUT2D eigenvalue weighted by Crippen LogP contribution is -2.47. The number of rotatable bonds is 3. The molecule has 2 rings (SSSR count). The lowest BCUT2D eigenvalue weighted by Gasteiger charge is -2.26. The van der Waals surface area contributed by atoms with Crippen LogP contribution in [0.5, 0.6) is 0 Å². The van der Waals surface area contributed by atoms with Gasteiger partial charge in [0.25, 0.3) is 5.56 Å². The van der Waals surface area contributed by atoms with Crippen LogP contribution in [-0.2, 0) is 12.0 Å². The van der Waals surface area contributed by atoms with Gasteiger partial charge >= 0.3 is 5.69 Å².